The Hall–Kier alpha value is -1.38. The van der Waals surface area contributed by atoms with E-state index in [0.29, 0.717) is 11.1 Å². The van der Waals surface area contributed by atoms with Gasteiger partial charge in [-0.3, -0.25) is 4.79 Å². The molecule has 2 saturated carbocycles. The zero-order chi connectivity index (χ0) is 13.5. The van der Waals surface area contributed by atoms with Crippen LogP contribution in [0.2, 0.25) is 0 Å². The summed E-state index contributed by atoms with van der Waals surface area (Å²) in [5, 5.41) is 3.29. The minimum atomic E-state index is -0.00477. The van der Waals surface area contributed by atoms with Crippen molar-refractivity contribution in [2.24, 2.45) is 5.41 Å². The molecule has 1 heterocycles. The van der Waals surface area contributed by atoms with Gasteiger partial charge >= 0.3 is 0 Å². The van der Waals surface area contributed by atoms with Crippen LogP contribution in [0, 0.1) is 12.3 Å². The highest BCUT2D eigenvalue weighted by atomic mass is 16.2. The zero-order valence-electron chi connectivity index (χ0n) is 11.8. The first-order chi connectivity index (χ1) is 9.00. The Balaban J connectivity index is 1.77. The van der Waals surface area contributed by atoms with Gasteiger partial charge in [-0.05, 0) is 56.6 Å². The fraction of sp³-hybridized carbons (Fsp3) is 0.625. The third kappa shape index (κ3) is 2.38. The van der Waals surface area contributed by atoms with E-state index in [2.05, 4.69) is 17.2 Å². The summed E-state index contributed by atoms with van der Waals surface area (Å²) in [4.78, 5) is 16.7. The minimum absolute atomic E-state index is 0.00477. The molecule has 0 saturated heterocycles. The van der Waals surface area contributed by atoms with Gasteiger partial charge in [-0.2, -0.15) is 0 Å². The van der Waals surface area contributed by atoms with Crippen molar-refractivity contribution >= 4 is 5.91 Å². The van der Waals surface area contributed by atoms with Crippen molar-refractivity contribution in [1.29, 1.82) is 0 Å². The largest absolute Gasteiger partial charge is 0.345 e. The number of aromatic nitrogens is 1. The van der Waals surface area contributed by atoms with Crippen LogP contribution in [0.25, 0.3) is 0 Å². The van der Waals surface area contributed by atoms with Gasteiger partial charge in [0.2, 0.25) is 0 Å². The summed E-state index contributed by atoms with van der Waals surface area (Å²) in [6.45, 7) is 4.29. The first-order valence-corrected chi connectivity index (χ1v) is 7.27. The van der Waals surface area contributed by atoms with Crippen LogP contribution in [0.15, 0.2) is 18.2 Å². The van der Waals surface area contributed by atoms with E-state index in [-0.39, 0.29) is 11.4 Å². The highest BCUT2D eigenvalue weighted by Gasteiger charge is 2.49. The second kappa shape index (κ2) is 4.32. The van der Waals surface area contributed by atoms with Crippen LogP contribution >= 0.6 is 0 Å². The van der Waals surface area contributed by atoms with Crippen molar-refractivity contribution in [3.8, 4) is 0 Å². The van der Waals surface area contributed by atoms with Gasteiger partial charge in [-0.1, -0.05) is 19.4 Å². The predicted molar refractivity (Wildman–Crippen MR) is 75.0 cm³/mol. The lowest BCUT2D eigenvalue weighted by Crippen LogP contribution is -2.49. The van der Waals surface area contributed by atoms with E-state index >= 15 is 0 Å². The standard InChI is InChI=1S/C16H22N2O/c1-12-5-3-6-13(17-12)14(19)18-16-8-4-7-15(2,11-16)9-10-16/h3,5-6H,4,7-11H2,1-2H3,(H,18,19)/t15-,16-/m0/s1. The molecule has 102 valence electrons. The Morgan fingerprint density at radius 3 is 2.89 bits per heavy atom. The highest BCUT2D eigenvalue weighted by Crippen LogP contribution is 2.53. The molecule has 1 amide bonds. The fourth-order valence-electron chi connectivity index (χ4n) is 3.96. The molecule has 0 aliphatic heterocycles. The number of nitrogens with zero attached hydrogens (tertiary/aromatic N) is 1. The molecule has 0 unspecified atom stereocenters. The van der Waals surface area contributed by atoms with Gasteiger partial charge in [0.15, 0.2) is 0 Å². The molecular formula is C16H22N2O. The van der Waals surface area contributed by atoms with E-state index in [9.17, 15) is 4.79 Å². The molecule has 2 atom stereocenters. The molecule has 2 aliphatic rings. The maximum Gasteiger partial charge on any atom is 0.270 e. The van der Waals surface area contributed by atoms with Gasteiger partial charge in [-0.25, -0.2) is 4.98 Å². The lowest BCUT2D eigenvalue weighted by molar-refractivity contribution is 0.0856. The molecule has 3 heteroatoms. The van der Waals surface area contributed by atoms with Crippen LogP contribution < -0.4 is 5.32 Å². The normalized spacial score (nSPS) is 33.2. The van der Waals surface area contributed by atoms with Crippen molar-refractivity contribution < 1.29 is 4.79 Å². The summed E-state index contributed by atoms with van der Waals surface area (Å²) in [7, 11) is 0. The van der Waals surface area contributed by atoms with Crippen LogP contribution in [-0.2, 0) is 0 Å². The summed E-state index contributed by atoms with van der Waals surface area (Å²) >= 11 is 0. The molecular weight excluding hydrogens is 236 g/mol. The van der Waals surface area contributed by atoms with Crippen molar-refractivity contribution in [2.45, 2.75) is 57.9 Å². The van der Waals surface area contributed by atoms with Crippen LogP contribution in [0.1, 0.15) is 61.6 Å². The molecule has 1 aromatic heterocycles. The fourth-order valence-corrected chi connectivity index (χ4v) is 3.96. The van der Waals surface area contributed by atoms with Gasteiger partial charge in [0.25, 0.3) is 5.91 Å². The van der Waals surface area contributed by atoms with E-state index in [4.69, 9.17) is 0 Å². The molecule has 3 rings (SSSR count). The van der Waals surface area contributed by atoms with E-state index in [1.165, 1.54) is 19.3 Å². The predicted octanol–water partition coefficient (Wildman–Crippen LogP) is 3.23. The van der Waals surface area contributed by atoms with E-state index < -0.39 is 0 Å². The Morgan fingerprint density at radius 1 is 1.26 bits per heavy atom. The first-order valence-electron chi connectivity index (χ1n) is 7.27. The summed E-state index contributed by atoms with van der Waals surface area (Å²) in [6.07, 6.45) is 7.18. The summed E-state index contributed by atoms with van der Waals surface area (Å²) in [6, 6.07) is 5.62. The third-order valence-corrected chi connectivity index (χ3v) is 4.91. The number of rotatable bonds is 2. The number of carbonyl (C=O) groups is 1. The monoisotopic (exact) mass is 258 g/mol. The summed E-state index contributed by atoms with van der Waals surface area (Å²) < 4.78 is 0. The Kier molecular flexibility index (Phi) is 2.88. The smallest absolute Gasteiger partial charge is 0.270 e. The van der Waals surface area contributed by atoms with Gasteiger partial charge < -0.3 is 5.32 Å². The molecule has 19 heavy (non-hydrogen) atoms. The molecule has 0 spiro atoms. The molecule has 1 N–H and O–H groups in total. The number of amides is 1. The number of hydrogen-bond donors (Lipinski definition) is 1. The lowest BCUT2D eigenvalue weighted by atomic mass is 9.74. The quantitative estimate of drug-likeness (QED) is 0.885. The van der Waals surface area contributed by atoms with Crippen LogP contribution in [-0.4, -0.2) is 16.4 Å². The molecule has 2 aliphatic carbocycles. The first kappa shape index (κ1) is 12.6. The number of hydrogen-bond acceptors (Lipinski definition) is 2. The Bertz CT molecular complexity index is 513. The van der Waals surface area contributed by atoms with E-state index in [0.717, 1.165) is 25.0 Å². The van der Waals surface area contributed by atoms with Gasteiger partial charge in [0, 0.05) is 11.2 Å². The molecule has 3 nitrogen and oxygen atoms in total. The minimum Gasteiger partial charge on any atom is -0.345 e. The SMILES string of the molecule is Cc1cccc(C(=O)N[C@@]23CCC[C@@](C)(CC2)C3)n1. The van der Waals surface area contributed by atoms with Crippen LogP contribution in [0.4, 0.5) is 0 Å². The topological polar surface area (TPSA) is 42.0 Å². The molecule has 2 bridgehead atoms. The lowest BCUT2D eigenvalue weighted by Gasteiger charge is -2.38. The van der Waals surface area contributed by atoms with Crippen molar-refractivity contribution in [3.05, 3.63) is 29.6 Å². The van der Waals surface area contributed by atoms with Crippen LogP contribution in [0.3, 0.4) is 0 Å². The number of nitrogens with one attached hydrogen (secondary N) is 1. The van der Waals surface area contributed by atoms with E-state index in [1.54, 1.807) is 6.07 Å². The Labute approximate surface area is 114 Å². The van der Waals surface area contributed by atoms with Gasteiger partial charge in [-0.15, -0.1) is 0 Å². The average molecular weight is 258 g/mol. The zero-order valence-corrected chi connectivity index (χ0v) is 11.8. The second-order valence-electron chi connectivity index (χ2n) is 6.74. The third-order valence-electron chi connectivity index (χ3n) is 4.91. The highest BCUT2D eigenvalue weighted by molar-refractivity contribution is 5.92. The van der Waals surface area contributed by atoms with Crippen molar-refractivity contribution in [1.82, 2.24) is 10.3 Å². The van der Waals surface area contributed by atoms with Crippen molar-refractivity contribution in [2.75, 3.05) is 0 Å². The Morgan fingerprint density at radius 2 is 2.11 bits per heavy atom. The van der Waals surface area contributed by atoms with E-state index in [1.807, 2.05) is 19.1 Å². The molecule has 2 fully saturated rings. The van der Waals surface area contributed by atoms with Gasteiger partial charge in [0.05, 0.1) is 0 Å². The number of fused-ring (bicyclic) bond motifs is 2. The van der Waals surface area contributed by atoms with Crippen molar-refractivity contribution in [3.63, 3.8) is 0 Å². The second-order valence-corrected chi connectivity index (χ2v) is 6.74. The molecule has 0 radical (unpaired) electrons. The number of pyridine rings is 1. The summed E-state index contributed by atoms with van der Waals surface area (Å²) in [5.74, 6) is -0.00477. The average Bonchev–Trinajstić information content (AvgIpc) is 2.59. The maximum atomic E-state index is 12.4. The molecule has 0 aromatic carbocycles. The molecule has 1 aromatic rings. The number of carbonyl (C=O) groups excluding carboxylic acids is 1. The number of aryl methyl sites for hydroxylation is 1. The van der Waals surface area contributed by atoms with Crippen LogP contribution in [0.5, 0.6) is 0 Å². The van der Waals surface area contributed by atoms with Gasteiger partial charge in [0.1, 0.15) is 5.69 Å². The maximum absolute atomic E-state index is 12.4. The summed E-state index contributed by atoms with van der Waals surface area (Å²) in [5.41, 5.74) is 1.93.